The van der Waals surface area contributed by atoms with Gasteiger partial charge in [-0.2, -0.15) is 0 Å². The number of rotatable bonds is 2. The van der Waals surface area contributed by atoms with Gasteiger partial charge in [0, 0.05) is 19.7 Å². The summed E-state index contributed by atoms with van der Waals surface area (Å²) in [6, 6.07) is -0.288. The molecule has 2 unspecified atom stereocenters. The predicted octanol–water partition coefficient (Wildman–Crippen LogP) is 0.505. The molecule has 2 aliphatic heterocycles. The van der Waals surface area contributed by atoms with E-state index in [0.717, 1.165) is 38.8 Å². The van der Waals surface area contributed by atoms with Crippen molar-refractivity contribution in [3.8, 4) is 0 Å². The van der Waals surface area contributed by atoms with Crippen LogP contribution in [0, 0.1) is 0 Å². The number of piperidine rings is 1. The highest BCUT2D eigenvalue weighted by molar-refractivity contribution is 5.82. The minimum Gasteiger partial charge on any atom is -0.373 e. The SMILES string of the molecule is CC1(CN2CCCC(N)C2=O)CCCO1. The van der Waals surface area contributed by atoms with Crippen LogP contribution in [-0.2, 0) is 9.53 Å². The molecular formula is C11H20N2O2. The molecule has 2 N–H and O–H groups in total. The van der Waals surface area contributed by atoms with Gasteiger partial charge in [0.1, 0.15) is 0 Å². The maximum absolute atomic E-state index is 11.8. The summed E-state index contributed by atoms with van der Waals surface area (Å²) in [5.41, 5.74) is 5.62. The molecule has 15 heavy (non-hydrogen) atoms. The highest BCUT2D eigenvalue weighted by Crippen LogP contribution is 2.27. The minimum atomic E-state index is -0.288. The third-order valence-electron chi connectivity index (χ3n) is 3.40. The van der Waals surface area contributed by atoms with E-state index in [1.54, 1.807) is 0 Å². The molecule has 2 atom stereocenters. The van der Waals surface area contributed by atoms with Crippen molar-refractivity contribution in [3.05, 3.63) is 0 Å². The van der Waals surface area contributed by atoms with Crippen LogP contribution in [-0.4, -0.2) is 42.1 Å². The zero-order valence-electron chi connectivity index (χ0n) is 9.37. The summed E-state index contributed by atoms with van der Waals surface area (Å²) in [4.78, 5) is 13.7. The third-order valence-corrected chi connectivity index (χ3v) is 3.40. The molecule has 0 aromatic carbocycles. The second-order valence-electron chi connectivity index (χ2n) is 4.91. The van der Waals surface area contributed by atoms with Crippen LogP contribution in [0.4, 0.5) is 0 Å². The highest BCUT2D eigenvalue weighted by atomic mass is 16.5. The summed E-state index contributed by atoms with van der Waals surface area (Å²) in [6.45, 7) is 4.46. The number of hydrogen-bond donors (Lipinski definition) is 1. The maximum Gasteiger partial charge on any atom is 0.239 e. The number of carbonyl (C=O) groups excluding carboxylic acids is 1. The first kappa shape index (κ1) is 10.9. The Hall–Kier alpha value is -0.610. The normalized spacial score (nSPS) is 37.3. The van der Waals surface area contributed by atoms with Gasteiger partial charge < -0.3 is 15.4 Å². The van der Waals surface area contributed by atoms with Crippen LogP contribution in [0.15, 0.2) is 0 Å². The fourth-order valence-corrected chi connectivity index (χ4v) is 2.49. The predicted molar refractivity (Wildman–Crippen MR) is 57.4 cm³/mol. The third kappa shape index (κ3) is 2.32. The Balaban J connectivity index is 1.95. The van der Waals surface area contributed by atoms with Crippen LogP contribution in [0.5, 0.6) is 0 Å². The van der Waals surface area contributed by atoms with Crippen molar-refractivity contribution in [3.63, 3.8) is 0 Å². The van der Waals surface area contributed by atoms with E-state index in [1.807, 2.05) is 4.90 Å². The molecule has 0 radical (unpaired) electrons. The van der Waals surface area contributed by atoms with Crippen molar-refractivity contribution in [2.45, 2.75) is 44.2 Å². The Labute approximate surface area is 90.8 Å². The lowest BCUT2D eigenvalue weighted by atomic mass is 9.99. The Morgan fingerprint density at radius 3 is 3.07 bits per heavy atom. The lowest BCUT2D eigenvalue weighted by Gasteiger charge is -2.36. The number of nitrogens with zero attached hydrogens (tertiary/aromatic N) is 1. The Morgan fingerprint density at radius 1 is 1.60 bits per heavy atom. The molecule has 4 nitrogen and oxygen atoms in total. The molecule has 2 aliphatic rings. The lowest BCUT2D eigenvalue weighted by Crippen LogP contribution is -2.53. The van der Waals surface area contributed by atoms with Crippen molar-refractivity contribution in [2.24, 2.45) is 5.73 Å². The van der Waals surface area contributed by atoms with Crippen molar-refractivity contribution in [1.29, 1.82) is 0 Å². The summed E-state index contributed by atoms with van der Waals surface area (Å²) >= 11 is 0. The zero-order chi connectivity index (χ0) is 10.9. The fourth-order valence-electron chi connectivity index (χ4n) is 2.49. The molecule has 0 aliphatic carbocycles. The summed E-state index contributed by atoms with van der Waals surface area (Å²) in [5, 5.41) is 0. The van der Waals surface area contributed by atoms with Gasteiger partial charge in [-0.3, -0.25) is 4.79 Å². The van der Waals surface area contributed by atoms with E-state index in [-0.39, 0.29) is 17.6 Å². The van der Waals surface area contributed by atoms with Gasteiger partial charge in [0.2, 0.25) is 5.91 Å². The largest absolute Gasteiger partial charge is 0.373 e. The van der Waals surface area contributed by atoms with Crippen LogP contribution >= 0.6 is 0 Å². The molecule has 0 saturated carbocycles. The average molecular weight is 212 g/mol. The zero-order valence-corrected chi connectivity index (χ0v) is 9.37. The number of likely N-dealkylation sites (tertiary alicyclic amines) is 1. The average Bonchev–Trinajstić information content (AvgIpc) is 2.60. The molecule has 0 bridgehead atoms. The van der Waals surface area contributed by atoms with Crippen molar-refractivity contribution >= 4 is 5.91 Å². The van der Waals surface area contributed by atoms with Gasteiger partial charge in [-0.15, -0.1) is 0 Å². The Morgan fingerprint density at radius 2 is 2.40 bits per heavy atom. The minimum absolute atomic E-state index is 0.0953. The molecule has 2 heterocycles. The standard InChI is InChI=1S/C11H20N2O2/c1-11(5-3-7-15-11)8-13-6-2-4-9(12)10(13)14/h9H,2-8,12H2,1H3. The van der Waals surface area contributed by atoms with E-state index < -0.39 is 0 Å². The molecule has 86 valence electrons. The van der Waals surface area contributed by atoms with Crippen LogP contribution in [0.25, 0.3) is 0 Å². The van der Waals surface area contributed by atoms with Gasteiger partial charge in [0.05, 0.1) is 11.6 Å². The smallest absolute Gasteiger partial charge is 0.239 e. The number of hydrogen-bond acceptors (Lipinski definition) is 3. The quantitative estimate of drug-likeness (QED) is 0.725. The number of ether oxygens (including phenoxy) is 1. The maximum atomic E-state index is 11.8. The Kier molecular flexibility index (Phi) is 2.98. The molecule has 0 aromatic heterocycles. The van der Waals surface area contributed by atoms with Crippen molar-refractivity contribution in [1.82, 2.24) is 4.90 Å². The first-order valence-electron chi connectivity index (χ1n) is 5.79. The van der Waals surface area contributed by atoms with Gasteiger partial charge in [0.15, 0.2) is 0 Å². The molecule has 2 saturated heterocycles. The van der Waals surface area contributed by atoms with E-state index in [4.69, 9.17) is 10.5 Å². The summed E-state index contributed by atoms with van der Waals surface area (Å²) in [6.07, 6.45) is 3.99. The van der Waals surface area contributed by atoms with Crippen LogP contribution in [0.1, 0.15) is 32.6 Å². The van der Waals surface area contributed by atoms with E-state index in [1.165, 1.54) is 0 Å². The monoisotopic (exact) mass is 212 g/mol. The second kappa shape index (κ2) is 4.10. The van der Waals surface area contributed by atoms with Gasteiger partial charge in [0.25, 0.3) is 0 Å². The summed E-state index contributed by atoms with van der Waals surface area (Å²) < 4.78 is 5.69. The van der Waals surface area contributed by atoms with Crippen LogP contribution < -0.4 is 5.73 Å². The molecule has 1 amide bonds. The van der Waals surface area contributed by atoms with Crippen molar-refractivity contribution < 1.29 is 9.53 Å². The molecule has 2 fully saturated rings. The molecular weight excluding hydrogens is 192 g/mol. The van der Waals surface area contributed by atoms with Gasteiger partial charge in [-0.25, -0.2) is 0 Å². The molecule has 2 rings (SSSR count). The van der Waals surface area contributed by atoms with E-state index in [2.05, 4.69) is 6.92 Å². The second-order valence-corrected chi connectivity index (χ2v) is 4.91. The van der Waals surface area contributed by atoms with Gasteiger partial charge in [-0.05, 0) is 32.6 Å². The van der Waals surface area contributed by atoms with E-state index in [0.29, 0.717) is 6.54 Å². The lowest BCUT2D eigenvalue weighted by molar-refractivity contribution is -0.138. The highest BCUT2D eigenvalue weighted by Gasteiger charge is 2.35. The first-order valence-corrected chi connectivity index (χ1v) is 5.79. The molecule has 0 spiro atoms. The summed E-state index contributed by atoms with van der Waals surface area (Å²) in [5.74, 6) is 0.0953. The van der Waals surface area contributed by atoms with Crippen LogP contribution in [0.3, 0.4) is 0 Å². The fraction of sp³-hybridized carbons (Fsp3) is 0.909. The summed E-state index contributed by atoms with van der Waals surface area (Å²) in [7, 11) is 0. The number of amides is 1. The number of nitrogens with two attached hydrogens (primary N) is 1. The first-order chi connectivity index (χ1) is 7.11. The van der Waals surface area contributed by atoms with Gasteiger partial charge in [-0.1, -0.05) is 0 Å². The van der Waals surface area contributed by atoms with Crippen molar-refractivity contribution in [2.75, 3.05) is 19.7 Å². The van der Waals surface area contributed by atoms with Crippen LogP contribution in [0.2, 0.25) is 0 Å². The molecule has 4 heteroatoms. The van der Waals surface area contributed by atoms with E-state index in [9.17, 15) is 4.79 Å². The Bertz CT molecular complexity index is 249. The molecule has 0 aromatic rings. The van der Waals surface area contributed by atoms with E-state index >= 15 is 0 Å². The van der Waals surface area contributed by atoms with Gasteiger partial charge >= 0.3 is 0 Å². The number of carbonyl (C=O) groups is 1. The topological polar surface area (TPSA) is 55.6 Å².